The van der Waals surface area contributed by atoms with Crippen LogP contribution in [-0.4, -0.2) is 45.4 Å². The van der Waals surface area contributed by atoms with Gasteiger partial charge in [-0.1, -0.05) is 19.4 Å². The van der Waals surface area contributed by atoms with Crippen LogP contribution in [0.25, 0.3) is 0 Å². The molecule has 1 aromatic rings. The number of likely N-dealkylation sites (N-methyl/N-ethyl adjacent to an activating group) is 1. The van der Waals surface area contributed by atoms with E-state index in [0.29, 0.717) is 0 Å². The molecule has 0 aliphatic rings. The first-order valence-corrected chi connectivity index (χ1v) is 9.06. The van der Waals surface area contributed by atoms with Gasteiger partial charge in [-0.2, -0.15) is 4.31 Å². The van der Waals surface area contributed by atoms with Crippen molar-refractivity contribution in [3.05, 3.63) is 23.8 Å². The van der Waals surface area contributed by atoms with E-state index in [9.17, 15) is 13.2 Å². The van der Waals surface area contributed by atoms with Crippen molar-refractivity contribution in [1.82, 2.24) is 9.62 Å². The summed E-state index contributed by atoms with van der Waals surface area (Å²) in [5.41, 5.74) is 0.804. The second-order valence-electron chi connectivity index (χ2n) is 5.67. The topological polar surface area (TPSA) is 75.7 Å². The number of benzene rings is 1. The van der Waals surface area contributed by atoms with Gasteiger partial charge in [-0.25, -0.2) is 8.42 Å². The van der Waals surface area contributed by atoms with Crippen molar-refractivity contribution >= 4 is 15.9 Å². The minimum Gasteiger partial charge on any atom is -0.495 e. The Balaban J connectivity index is 2.92. The summed E-state index contributed by atoms with van der Waals surface area (Å²) in [6.07, 6.45) is 1.81. The monoisotopic (exact) mass is 342 g/mol. The first-order chi connectivity index (χ1) is 10.7. The fourth-order valence-corrected chi connectivity index (χ4v) is 3.63. The van der Waals surface area contributed by atoms with Gasteiger partial charge >= 0.3 is 0 Å². The van der Waals surface area contributed by atoms with Gasteiger partial charge in [-0.05, 0) is 38.0 Å². The number of hydrogen-bond donors (Lipinski definition) is 1. The van der Waals surface area contributed by atoms with Gasteiger partial charge in [0.05, 0.1) is 13.7 Å². The number of amides is 1. The van der Waals surface area contributed by atoms with Crippen LogP contribution in [0.15, 0.2) is 23.1 Å². The molecule has 0 bridgehead atoms. The summed E-state index contributed by atoms with van der Waals surface area (Å²) in [6, 6.07) is 4.95. The van der Waals surface area contributed by atoms with Gasteiger partial charge in [0.2, 0.25) is 15.9 Å². The van der Waals surface area contributed by atoms with E-state index in [4.69, 9.17) is 4.74 Å². The molecule has 6 nitrogen and oxygen atoms in total. The molecule has 0 aliphatic carbocycles. The number of ether oxygens (including phenoxy) is 1. The predicted molar refractivity (Wildman–Crippen MR) is 90.1 cm³/mol. The third-order valence-electron chi connectivity index (χ3n) is 3.50. The summed E-state index contributed by atoms with van der Waals surface area (Å²) >= 11 is 0. The molecule has 0 saturated carbocycles. The van der Waals surface area contributed by atoms with E-state index < -0.39 is 10.0 Å². The Morgan fingerprint density at radius 3 is 2.61 bits per heavy atom. The smallest absolute Gasteiger partial charge is 0.246 e. The molecule has 0 aromatic heterocycles. The normalized spacial score (nSPS) is 13.0. The maximum absolute atomic E-state index is 12.7. The van der Waals surface area contributed by atoms with Crippen molar-refractivity contribution in [2.45, 2.75) is 44.6 Å². The van der Waals surface area contributed by atoms with E-state index in [1.54, 1.807) is 25.1 Å². The summed E-state index contributed by atoms with van der Waals surface area (Å²) < 4.78 is 31.5. The molecule has 1 N–H and O–H groups in total. The summed E-state index contributed by atoms with van der Waals surface area (Å²) in [7, 11) is -0.990. The number of carbonyl (C=O) groups is 1. The van der Waals surface area contributed by atoms with Gasteiger partial charge < -0.3 is 10.1 Å². The second-order valence-corrected chi connectivity index (χ2v) is 7.69. The molecule has 0 spiro atoms. The van der Waals surface area contributed by atoms with Crippen molar-refractivity contribution < 1.29 is 17.9 Å². The quantitative estimate of drug-likeness (QED) is 0.783. The molecule has 1 atom stereocenters. The van der Waals surface area contributed by atoms with Crippen molar-refractivity contribution in [3.63, 3.8) is 0 Å². The molecule has 1 amide bonds. The van der Waals surface area contributed by atoms with Crippen LogP contribution < -0.4 is 10.1 Å². The number of aryl methyl sites for hydroxylation is 1. The number of nitrogens with zero attached hydrogens (tertiary/aromatic N) is 1. The van der Waals surface area contributed by atoms with Crippen molar-refractivity contribution in [2.24, 2.45) is 0 Å². The highest BCUT2D eigenvalue weighted by molar-refractivity contribution is 7.89. The average molecular weight is 342 g/mol. The third kappa shape index (κ3) is 5.21. The van der Waals surface area contributed by atoms with Crippen molar-refractivity contribution in [1.29, 1.82) is 0 Å². The Kier molecular flexibility index (Phi) is 7.02. The first kappa shape index (κ1) is 19.4. The molecule has 1 aromatic carbocycles. The number of rotatable bonds is 8. The van der Waals surface area contributed by atoms with E-state index >= 15 is 0 Å². The zero-order chi connectivity index (χ0) is 17.6. The SMILES string of the molecule is CCC[C@@H](C)NC(=O)CN(C)S(=O)(=O)c1cc(C)ccc1OC. The summed E-state index contributed by atoms with van der Waals surface area (Å²) in [5.74, 6) is -0.0501. The lowest BCUT2D eigenvalue weighted by Gasteiger charge is -2.20. The number of nitrogens with one attached hydrogen (secondary N) is 1. The zero-order valence-electron chi connectivity index (χ0n) is 14.4. The van der Waals surface area contributed by atoms with Crippen LogP contribution >= 0.6 is 0 Å². The van der Waals surface area contributed by atoms with Crippen LogP contribution in [0.3, 0.4) is 0 Å². The van der Waals surface area contributed by atoms with Crippen LogP contribution in [-0.2, 0) is 14.8 Å². The predicted octanol–water partition coefficient (Wildman–Crippen LogP) is 1.93. The number of hydrogen-bond acceptors (Lipinski definition) is 4. The highest BCUT2D eigenvalue weighted by Crippen LogP contribution is 2.27. The lowest BCUT2D eigenvalue weighted by Crippen LogP contribution is -2.41. The Labute approximate surface area is 138 Å². The highest BCUT2D eigenvalue weighted by atomic mass is 32.2. The zero-order valence-corrected chi connectivity index (χ0v) is 15.2. The number of methoxy groups -OCH3 is 1. The van der Waals surface area contributed by atoms with E-state index in [1.807, 2.05) is 13.8 Å². The standard InChI is InChI=1S/C16H26N2O4S/c1-6-7-13(3)17-16(19)11-18(4)23(20,21)15-10-12(2)8-9-14(15)22-5/h8-10,13H,6-7,11H2,1-5H3,(H,17,19)/t13-/m1/s1. The van der Waals surface area contributed by atoms with E-state index in [0.717, 1.165) is 22.7 Å². The Hall–Kier alpha value is -1.60. The highest BCUT2D eigenvalue weighted by Gasteiger charge is 2.26. The minimum absolute atomic E-state index is 0.0251. The summed E-state index contributed by atoms with van der Waals surface area (Å²) in [4.78, 5) is 12.1. The summed E-state index contributed by atoms with van der Waals surface area (Å²) in [6.45, 7) is 5.51. The average Bonchev–Trinajstić information content (AvgIpc) is 2.47. The Bertz CT molecular complexity index is 643. The van der Waals surface area contributed by atoms with Crippen LogP contribution in [0.4, 0.5) is 0 Å². The van der Waals surface area contributed by atoms with Gasteiger partial charge in [0.25, 0.3) is 0 Å². The van der Waals surface area contributed by atoms with Crippen LogP contribution in [0, 0.1) is 6.92 Å². The molecule has 7 heteroatoms. The van der Waals surface area contributed by atoms with Gasteiger partial charge in [-0.15, -0.1) is 0 Å². The largest absolute Gasteiger partial charge is 0.495 e. The van der Waals surface area contributed by atoms with Gasteiger partial charge in [0.15, 0.2) is 0 Å². The molecule has 23 heavy (non-hydrogen) atoms. The maximum Gasteiger partial charge on any atom is 0.246 e. The molecular formula is C16H26N2O4S. The van der Waals surface area contributed by atoms with Crippen LogP contribution in [0.1, 0.15) is 32.3 Å². The third-order valence-corrected chi connectivity index (χ3v) is 5.33. The minimum atomic E-state index is -3.80. The fourth-order valence-electron chi connectivity index (χ4n) is 2.27. The molecule has 130 valence electrons. The molecule has 0 aliphatic heterocycles. The van der Waals surface area contributed by atoms with Crippen LogP contribution in [0.2, 0.25) is 0 Å². The Morgan fingerprint density at radius 1 is 1.39 bits per heavy atom. The molecule has 0 radical (unpaired) electrons. The molecule has 0 heterocycles. The van der Waals surface area contributed by atoms with Gasteiger partial charge in [-0.3, -0.25) is 4.79 Å². The second kappa shape index (κ2) is 8.31. The first-order valence-electron chi connectivity index (χ1n) is 7.62. The maximum atomic E-state index is 12.7. The van der Waals surface area contributed by atoms with Gasteiger partial charge in [0.1, 0.15) is 10.6 Å². The van der Waals surface area contributed by atoms with Crippen LogP contribution in [0.5, 0.6) is 5.75 Å². The molecule has 0 unspecified atom stereocenters. The lowest BCUT2D eigenvalue weighted by atomic mass is 10.2. The number of sulfonamides is 1. The van der Waals surface area contributed by atoms with E-state index in [1.165, 1.54) is 14.2 Å². The lowest BCUT2D eigenvalue weighted by molar-refractivity contribution is -0.121. The van der Waals surface area contributed by atoms with Gasteiger partial charge in [0, 0.05) is 13.1 Å². The molecule has 0 fully saturated rings. The number of carbonyl (C=O) groups excluding carboxylic acids is 1. The van der Waals surface area contributed by atoms with Crippen molar-refractivity contribution in [2.75, 3.05) is 20.7 Å². The van der Waals surface area contributed by atoms with E-state index in [-0.39, 0.29) is 29.1 Å². The van der Waals surface area contributed by atoms with E-state index in [2.05, 4.69) is 5.32 Å². The molecule has 1 rings (SSSR count). The fraction of sp³-hybridized carbons (Fsp3) is 0.562. The van der Waals surface area contributed by atoms with Crippen molar-refractivity contribution in [3.8, 4) is 5.75 Å². The molecular weight excluding hydrogens is 316 g/mol. The Morgan fingerprint density at radius 2 is 2.04 bits per heavy atom. The molecule has 0 saturated heterocycles. The summed E-state index contributed by atoms with van der Waals surface area (Å²) in [5, 5.41) is 2.80.